The molecule has 50 heavy (non-hydrogen) atoms. The summed E-state index contributed by atoms with van der Waals surface area (Å²) in [6.07, 6.45) is 11.6. The quantitative estimate of drug-likeness (QED) is 0.117. The van der Waals surface area contributed by atoms with Gasteiger partial charge in [0.2, 0.25) is 5.36 Å². The van der Waals surface area contributed by atoms with Gasteiger partial charge in [0.15, 0.2) is 0 Å². The maximum atomic E-state index is 13.1. The van der Waals surface area contributed by atoms with Gasteiger partial charge >= 0.3 is 12.1 Å². The van der Waals surface area contributed by atoms with Gasteiger partial charge in [-0.05, 0) is 85.9 Å². The number of anilines is 1. The first-order valence-corrected chi connectivity index (χ1v) is 19.5. The van der Waals surface area contributed by atoms with Crippen LogP contribution in [-0.2, 0) is 35.3 Å². The van der Waals surface area contributed by atoms with E-state index in [1.807, 2.05) is 6.26 Å². The van der Waals surface area contributed by atoms with Crippen LogP contribution in [0.25, 0.3) is 16.3 Å². The Morgan fingerprint density at radius 1 is 0.860 bits per heavy atom. The van der Waals surface area contributed by atoms with E-state index in [1.165, 1.54) is 50.4 Å². The fourth-order valence-corrected chi connectivity index (χ4v) is 10.9. The number of carboxylic acids is 1. The number of hydrogen-bond acceptors (Lipinski definition) is 6. The lowest BCUT2D eigenvalue weighted by atomic mass is 9.83. The molecule has 0 saturated carbocycles. The monoisotopic (exact) mass is 747 g/mol. The number of ether oxygens (including phenoxy) is 1. The number of thioether (sulfide) groups is 1. The summed E-state index contributed by atoms with van der Waals surface area (Å²) in [5.74, 6) is 0.436. The number of aryl methyl sites for hydroxylation is 3. The summed E-state index contributed by atoms with van der Waals surface area (Å²) >= 11 is 22.2. The number of carboxylic acid groups (broad SMARTS) is 1. The van der Waals surface area contributed by atoms with Crippen LogP contribution in [0.5, 0.6) is 11.5 Å². The van der Waals surface area contributed by atoms with Gasteiger partial charge in [-0.1, -0.05) is 40.9 Å². The van der Waals surface area contributed by atoms with E-state index in [4.69, 9.17) is 49.1 Å². The average molecular weight is 749 g/mol. The van der Waals surface area contributed by atoms with Gasteiger partial charge in [0.05, 0.1) is 26.2 Å². The van der Waals surface area contributed by atoms with Crippen molar-refractivity contribution in [2.24, 2.45) is 0 Å². The predicted octanol–water partition coefficient (Wildman–Crippen LogP) is 7.46. The van der Waals surface area contributed by atoms with Crippen LogP contribution in [-0.4, -0.2) is 49.7 Å². The predicted molar refractivity (Wildman–Crippen MR) is 198 cm³/mol. The summed E-state index contributed by atoms with van der Waals surface area (Å²) in [5.41, 5.74) is 8.62. The van der Waals surface area contributed by atoms with Crippen molar-refractivity contribution in [2.75, 3.05) is 37.3 Å². The van der Waals surface area contributed by atoms with Crippen LogP contribution in [0.1, 0.15) is 75.8 Å². The fourth-order valence-electron chi connectivity index (χ4n) is 9.02. The Labute approximate surface area is 308 Å². The largest absolute Gasteiger partial charge is 0.478 e. The van der Waals surface area contributed by atoms with Crippen molar-refractivity contribution in [1.82, 2.24) is 4.58 Å². The Morgan fingerprint density at radius 3 is 2.34 bits per heavy atom. The number of hydrogen-bond donors (Lipinski definition) is 1. The molecule has 5 aliphatic rings. The number of fused-ring (bicyclic) bond motifs is 6. The molecule has 11 heteroatoms. The molecule has 5 aliphatic heterocycles. The molecule has 7 nitrogen and oxygen atoms in total. The van der Waals surface area contributed by atoms with E-state index in [9.17, 15) is 9.90 Å². The lowest BCUT2D eigenvalue weighted by Crippen LogP contribution is -2.41. The molecular formula is C39H34Cl3N2O5S+. The Morgan fingerprint density at radius 2 is 1.58 bits per heavy atom. The molecule has 4 aromatic rings. The van der Waals surface area contributed by atoms with Crippen molar-refractivity contribution in [1.29, 1.82) is 0 Å². The summed E-state index contributed by atoms with van der Waals surface area (Å²) in [7, 11) is 0. The zero-order valence-corrected chi connectivity index (χ0v) is 30.6. The van der Waals surface area contributed by atoms with Crippen molar-refractivity contribution in [3.8, 4) is 11.5 Å². The van der Waals surface area contributed by atoms with E-state index in [2.05, 4.69) is 33.7 Å². The van der Waals surface area contributed by atoms with Gasteiger partial charge < -0.3 is 14.7 Å². The van der Waals surface area contributed by atoms with Gasteiger partial charge in [0, 0.05) is 69.4 Å². The zero-order chi connectivity index (χ0) is 34.8. The normalized spacial score (nSPS) is 16.9. The van der Waals surface area contributed by atoms with Gasteiger partial charge in [-0.25, -0.2) is 9.37 Å². The molecule has 0 aromatic heterocycles. The minimum atomic E-state index is -1.16. The summed E-state index contributed by atoms with van der Waals surface area (Å²) in [6.45, 7) is 4.29. The number of nitrogens with zero attached hydrogens (tertiary/aromatic N) is 2. The lowest BCUT2D eigenvalue weighted by Gasteiger charge is -2.38. The summed E-state index contributed by atoms with van der Waals surface area (Å²) in [6, 6.07) is 8.93. The van der Waals surface area contributed by atoms with Crippen LogP contribution in [0.2, 0.25) is 15.1 Å². The van der Waals surface area contributed by atoms with Crippen LogP contribution in [0.4, 0.5) is 5.69 Å². The van der Waals surface area contributed by atoms with E-state index in [0.717, 1.165) is 117 Å². The molecule has 0 amide bonds. The van der Waals surface area contributed by atoms with E-state index in [1.54, 1.807) is 0 Å². The van der Waals surface area contributed by atoms with Gasteiger partial charge in [-0.2, -0.15) is 9.59 Å². The first-order chi connectivity index (χ1) is 24.3. The smallest absolute Gasteiger partial charge is 0.373 e. The highest BCUT2D eigenvalue weighted by atomic mass is 35.5. The number of carbonyl (C=O) groups excluding carboxylic acids is 2. The van der Waals surface area contributed by atoms with Crippen molar-refractivity contribution < 1.29 is 24.2 Å². The molecule has 0 unspecified atom stereocenters. The Balaban J connectivity index is 0.00000116. The SMILES string of the molecule is CSc1c(Cl)c(Cl)c(C(=O)O)c(C2=c3cc4c5c(c3Oc3c2ccc2c6c7c(cc32)CCCN7CCC6)CCC[N+]=5CCCC4)c1Cl.O=C=O. The van der Waals surface area contributed by atoms with Crippen LogP contribution >= 0.6 is 46.6 Å². The van der Waals surface area contributed by atoms with Crippen LogP contribution in [0, 0.1) is 0 Å². The standard InChI is InChI=1S/C38H33Cl3N2O3S.CO2/c1-47-37-31(40)28(29(38(44)45)30(39)32(37)41)27-23-12-11-21-22-9-5-15-43-14-4-8-20(33(22)43)17-25(21)35(23)46-36-24-10-6-16-42-13-3-2-7-19(34(24)42)18-26(27)36;2-1-3/h11-12,17-18H,2-10,13-16H2,1H3;/p+1. The lowest BCUT2D eigenvalue weighted by molar-refractivity contribution is -0.191. The van der Waals surface area contributed by atoms with E-state index >= 15 is 0 Å². The molecule has 0 radical (unpaired) electrons. The molecule has 0 fully saturated rings. The minimum absolute atomic E-state index is 0.00617. The number of aromatic carboxylic acids is 1. The number of carbonyl (C=O) groups is 1. The maximum Gasteiger partial charge on any atom is 0.373 e. The third kappa shape index (κ3) is 5.09. The average Bonchev–Trinajstić information content (AvgIpc) is 3.33. The van der Waals surface area contributed by atoms with E-state index < -0.39 is 5.97 Å². The minimum Gasteiger partial charge on any atom is -0.478 e. The van der Waals surface area contributed by atoms with Crippen LogP contribution < -0.4 is 24.8 Å². The summed E-state index contributed by atoms with van der Waals surface area (Å²) in [5, 5.41) is 15.7. The van der Waals surface area contributed by atoms with Gasteiger partial charge in [0.1, 0.15) is 24.6 Å². The third-order valence-corrected chi connectivity index (χ3v) is 13.2. The topological polar surface area (TPSA) is 86.9 Å². The molecule has 0 saturated heterocycles. The van der Waals surface area contributed by atoms with E-state index in [0.29, 0.717) is 15.5 Å². The van der Waals surface area contributed by atoms with Gasteiger partial charge in [-0.3, -0.25) is 0 Å². The fraction of sp³-hybridized carbons (Fsp3) is 0.359. The first-order valence-electron chi connectivity index (χ1n) is 17.1. The molecular weight excluding hydrogens is 715 g/mol. The van der Waals surface area contributed by atoms with Crippen LogP contribution in [0.3, 0.4) is 0 Å². The highest BCUT2D eigenvalue weighted by Crippen LogP contribution is 2.51. The highest BCUT2D eigenvalue weighted by Gasteiger charge is 2.36. The van der Waals surface area contributed by atoms with Gasteiger partial charge in [-0.15, -0.1) is 11.8 Å². The molecule has 9 rings (SSSR count). The number of rotatable bonds is 3. The van der Waals surface area contributed by atoms with E-state index in [-0.39, 0.29) is 21.8 Å². The molecule has 0 aliphatic carbocycles. The number of halogens is 3. The van der Waals surface area contributed by atoms with Crippen molar-refractivity contribution in [3.63, 3.8) is 0 Å². The Bertz CT molecular complexity index is 2330. The first kappa shape index (κ1) is 33.6. The van der Waals surface area contributed by atoms with Gasteiger partial charge in [0.25, 0.3) is 0 Å². The molecule has 256 valence electrons. The third-order valence-electron chi connectivity index (χ3n) is 10.9. The van der Waals surface area contributed by atoms with Crippen molar-refractivity contribution in [3.05, 3.63) is 88.9 Å². The maximum absolute atomic E-state index is 13.1. The molecule has 0 spiro atoms. The molecule has 5 heterocycles. The molecule has 1 N–H and O–H groups in total. The second-order valence-electron chi connectivity index (χ2n) is 13.5. The molecule has 0 atom stereocenters. The van der Waals surface area contributed by atoms with Crippen molar-refractivity contribution in [2.45, 2.75) is 62.7 Å². The second kappa shape index (κ2) is 13.2. The molecule has 4 aromatic carbocycles. The second-order valence-corrected chi connectivity index (χ2v) is 15.4. The Hall–Kier alpha value is -3.52. The highest BCUT2D eigenvalue weighted by molar-refractivity contribution is 7.98. The van der Waals surface area contributed by atoms with Crippen molar-refractivity contribution >= 4 is 80.7 Å². The number of benzene rings is 4. The zero-order valence-electron chi connectivity index (χ0n) is 27.5. The van der Waals surface area contributed by atoms with Crippen LogP contribution in [0.15, 0.2) is 29.2 Å². The summed E-state index contributed by atoms with van der Waals surface area (Å²) in [4.78, 5) is 32.5. The summed E-state index contributed by atoms with van der Waals surface area (Å²) < 4.78 is 9.76. The Kier molecular flexibility index (Phi) is 8.89. The molecule has 0 bridgehead atoms.